The van der Waals surface area contributed by atoms with Crippen LogP contribution in [-0.4, -0.2) is 13.3 Å². The van der Waals surface area contributed by atoms with Gasteiger partial charge in [-0.05, 0) is 31.2 Å². The molecule has 0 saturated heterocycles. The fourth-order valence-corrected chi connectivity index (χ4v) is 3.23. The minimum atomic E-state index is -4.13. The summed E-state index contributed by atoms with van der Waals surface area (Å²) in [4.78, 5) is 0. The normalized spacial score (nSPS) is 24.6. The van der Waals surface area contributed by atoms with Crippen LogP contribution < -0.4 is 16.0 Å². The van der Waals surface area contributed by atoms with Gasteiger partial charge in [0.05, 0.1) is 19.1 Å². The molecule has 0 amide bonds. The van der Waals surface area contributed by atoms with E-state index in [1.54, 1.807) is 13.2 Å². The first kappa shape index (κ1) is 16.1. The van der Waals surface area contributed by atoms with Gasteiger partial charge in [0, 0.05) is 5.56 Å². The third kappa shape index (κ3) is 3.68. The highest BCUT2D eigenvalue weighted by Crippen LogP contribution is 2.44. The Labute approximate surface area is 122 Å². The molecule has 3 atom stereocenters. The second kappa shape index (κ2) is 6.66. The number of nitrogens with one attached hydrogen (secondary N) is 1. The molecule has 3 nitrogen and oxygen atoms in total. The second-order valence-corrected chi connectivity index (χ2v) is 5.55. The summed E-state index contributed by atoms with van der Waals surface area (Å²) in [6, 6.07) is 6.98. The Bertz CT molecular complexity index is 464. The van der Waals surface area contributed by atoms with Crippen molar-refractivity contribution in [3.8, 4) is 5.75 Å². The highest BCUT2D eigenvalue weighted by atomic mass is 19.4. The second-order valence-electron chi connectivity index (χ2n) is 5.55. The maximum absolute atomic E-state index is 13.0. The molecular weight excluding hydrogens is 281 g/mol. The van der Waals surface area contributed by atoms with Gasteiger partial charge in [0.1, 0.15) is 5.75 Å². The molecule has 118 valence electrons. The quantitative estimate of drug-likeness (QED) is 0.660. The van der Waals surface area contributed by atoms with Gasteiger partial charge in [0.15, 0.2) is 0 Å². The van der Waals surface area contributed by atoms with E-state index in [4.69, 9.17) is 10.6 Å². The number of hydrogen-bond acceptors (Lipinski definition) is 3. The molecule has 3 N–H and O–H groups in total. The van der Waals surface area contributed by atoms with Crippen molar-refractivity contribution in [2.45, 2.75) is 37.9 Å². The molecule has 0 bridgehead atoms. The van der Waals surface area contributed by atoms with Crippen molar-refractivity contribution >= 4 is 0 Å². The van der Waals surface area contributed by atoms with Crippen molar-refractivity contribution in [1.29, 1.82) is 0 Å². The summed E-state index contributed by atoms with van der Waals surface area (Å²) >= 11 is 0. The van der Waals surface area contributed by atoms with Gasteiger partial charge in [-0.3, -0.25) is 11.3 Å². The van der Waals surface area contributed by atoms with E-state index in [9.17, 15) is 13.2 Å². The van der Waals surface area contributed by atoms with Crippen molar-refractivity contribution in [3.05, 3.63) is 29.8 Å². The Kier molecular flexibility index (Phi) is 5.11. The van der Waals surface area contributed by atoms with Crippen LogP contribution in [-0.2, 0) is 0 Å². The number of halogens is 3. The van der Waals surface area contributed by atoms with E-state index in [1.807, 2.05) is 18.2 Å². The van der Waals surface area contributed by atoms with Crippen molar-refractivity contribution in [3.63, 3.8) is 0 Å². The van der Waals surface area contributed by atoms with Gasteiger partial charge in [-0.2, -0.15) is 13.2 Å². The predicted octanol–water partition coefficient (Wildman–Crippen LogP) is 3.57. The Morgan fingerprint density at radius 2 is 2.00 bits per heavy atom. The van der Waals surface area contributed by atoms with Crippen LogP contribution in [0.1, 0.15) is 37.3 Å². The van der Waals surface area contributed by atoms with Crippen LogP contribution in [0.3, 0.4) is 0 Å². The van der Waals surface area contributed by atoms with E-state index in [-0.39, 0.29) is 24.8 Å². The first-order valence-electron chi connectivity index (χ1n) is 7.13. The monoisotopic (exact) mass is 302 g/mol. The van der Waals surface area contributed by atoms with Crippen LogP contribution in [0.5, 0.6) is 5.75 Å². The van der Waals surface area contributed by atoms with Crippen LogP contribution in [0, 0.1) is 11.8 Å². The van der Waals surface area contributed by atoms with E-state index in [1.165, 1.54) is 0 Å². The average molecular weight is 302 g/mol. The van der Waals surface area contributed by atoms with E-state index in [2.05, 4.69) is 5.43 Å². The van der Waals surface area contributed by atoms with Crippen molar-refractivity contribution in [2.24, 2.45) is 17.7 Å². The topological polar surface area (TPSA) is 47.3 Å². The number of ether oxygens (including phenoxy) is 1. The molecule has 6 heteroatoms. The lowest BCUT2D eigenvalue weighted by Gasteiger charge is -2.35. The summed E-state index contributed by atoms with van der Waals surface area (Å²) in [6.07, 6.45) is -2.50. The molecule has 21 heavy (non-hydrogen) atoms. The molecule has 0 radical (unpaired) electrons. The Hall–Kier alpha value is -1.27. The Morgan fingerprint density at radius 1 is 1.29 bits per heavy atom. The van der Waals surface area contributed by atoms with Crippen molar-refractivity contribution in [2.75, 3.05) is 7.11 Å². The predicted molar refractivity (Wildman–Crippen MR) is 74.6 cm³/mol. The first-order valence-corrected chi connectivity index (χ1v) is 7.13. The highest BCUT2D eigenvalue weighted by molar-refractivity contribution is 5.36. The molecule has 2 rings (SSSR count). The van der Waals surface area contributed by atoms with Gasteiger partial charge < -0.3 is 4.74 Å². The fourth-order valence-electron chi connectivity index (χ4n) is 3.23. The number of hydrazine groups is 1. The van der Waals surface area contributed by atoms with Crippen LogP contribution in [0.4, 0.5) is 13.2 Å². The molecule has 0 spiro atoms. The van der Waals surface area contributed by atoms with Crippen LogP contribution >= 0.6 is 0 Å². The number of benzene rings is 1. The highest BCUT2D eigenvalue weighted by Gasteiger charge is 2.43. The van der Waals surface area contributed by atoms with Crippen molar-refractivity contribution < 1.29 is 17.9 Å². The summed E-state index contributed by atoms with van der Waals surface area (Å²) in [7, 11) is 1.55. The zero-order valence-electron chi connectivity index (χ0n) is 12.0. The van der Waals surface area contributed by atoms with E-state index in [0.717, 1.165) is 12.0 Å². The minimum Gasteiger partial charge on any atom is -0.496 e. The van der Waals surface area contributed by atoms with Crippen LogP contribution in [0.2, 0.25) is 0 Å². The van der Waals surface area contributed by atoms with Crippen LogP contribution in [0.25, 0.3) is 0 Å². The Balaban J connectivity index is 2.21. The maximum atomic E-state index is 13.0. The summed E-state index contributed by atoms with van der Waals surface area (Å²) in [5.41, 5.74) is 3.50. The Morgan fingerprint density at radius 3 is 2.62 bits per heavy atom. The summed E-state index contributed by atoms with van der Waals surface area (Å²) in [5.74, 6) is 4.89. The molecule has 1 aromatic rings. The molecular formula is C15H21F3N2O. The molecule has 1 aromatic carbocycles. The molecule has 0 heterocycles. The summed E-state index contributed by atoms with van der Waals surface area (Å²) < 4.78 is 44.2. The largest absolute Gasteiger partial charge is 0.496 e. The van der Waals surface area contributed by atoms with Crippen molar-refractivity contribution in [1.82, 2.24) is 5.43 Å². The van der Waals surface area contributed by atoms with Gasteiger partial charge in [0.25, 0.3) is 0 Å². The van der Waals surface area contributed by atoms with E-state index < -0.39 is 12.1 Å². The SMILES string of the molecule is COc1ccccc1C(NN)C1CCCC(C(F)(F)F)C1. The smallest absolute Gasteiger partial charge is 0.391 e. The zero-order chi connectivity index (χ0) is 15.5. The maximum Gasteiger partial charge on any atom is 0.391 e. The van der Waals surface area contributed by atoms with Gasteiger partial charge in [0.2, 0.25) is 0 Å². The summed E-state index contributed by atoms with van der Waals surface area (Å²) in [5, 5.41) is 0. The fraction of sp³-hybridized carbons (Fsp3) is 0.600. The molecule has 0 aromatic heterocycles. The summed E-state index contributed by atoms with van der Waals surface area (Å²) in [6.45, 7) is 0. The number of nitrogens with two attached hydrogens (primary N) is 1. The zero-order valence-corrected chi connectivity index (χ0v) is 12.0. The van der Waals surface area contributed by atoms with Gasteiger partial charge in [-0.15, -0.1) is 0 Å². The van der Waals surface area contributed by atoms with Gasteiger partial charge in [-0.25, -0.2) is 0 Å². The minimum absolute atomic E-state index is 0.108. The number of alkyl halides is 3. The number of para-hydroxylation sites is 1. The molecule has 0 aliphatic heterocycles. The van der Waals surface area contributed by atoms with Gasteiger partial charge >= 0.3 is 6.18 Å². The molecule has 1 fully saturated rings. The molecule has 3 unspecified atom stereocenters. The lowest BCUT2D eigenvalue weighted by atomic mass is 9.76. The van der Waals surface area contributed by atoms with Crippen LogP contribution in [0.15, 0.2) is 24.3 Å². The number of methoxy groups -OCH3 is 1. The lowest BCUT2D eigenvalue weighted by Crippen LogP contribution is -2.38. The first-order chi connectivity index (χ1) is 9.97. The standard InChI is InChI=1S/C15H21F3N2O/c1-21-13-8-3-2-7-12(13)14(20-19)10-5-4-6-11(9-10)15(16,17)18/h2-3,7-8,10-11,14,20H,4-6,9,19H2,1H3. The molecule has 1 saturated carbocycles. The third-order valence-electron chi connectivity index (χ3n) is 4.30. The van der Waals surface area contributed by atoms with E-state index >= 15 is 0 Å². The molecule has 1 aliphatic rings. The third-order valence-corrected chi connectivity index (χ3v) is 4.30. The van der Waals surface area contributed by atoms with Gasteiger partial charge in [-0.1, -0.05) is 24.6 Å². The average Bonchev–Trinajstić information content (AvgIpc) is 2.48. The van der Waals surface area contributed by atoms with E-state index in [0.29, 0.717) is 12.2 Å². The number of rotatable bonds is 4. The lowest BCUT2D eigenvalue weighted by molar-refractivity contribution is -0.186. The molecule has 1 aliphatic carbocycles. The number of hydrogen-bond donors (Lipinski definition) is 2.